The van der Waals surface area contributed by atoms with Crippen molar-refractivity contribution in [1.29, 1.82) is 0 Å². The molecule has 3 heterocycles. The molecule has 8 rings (SSSR count). The van der Waals surface area contributed by atoms with Crippen LogP contribution in [0.5, 0.6) is 0 Å². The van der Waals surface area contributed by atoms with E-state index in [1.54, 1.807) is 6.07 Å². The Morgan fingerprint density at radius 1 is 1.09 bits per heavy atom. The van der Waals surface area contributed by atoms with Gasteiger partial charge in [0.25, 0.3) is 17.9 Å². The van der Waals surface area contributed by atoms with E-state index in [-0.39, 0.29) is 61.7 Å². The van der Waals surface area contributed by atoms with Gasteiger partial charge in [-0.3, -0.25) is 28.2 Å². The highest BCUT2D eigenvalue weighted by Gasteiger charge is 2.67. The molecule has 0 spiro atoms. The molecule has 0 unspecified atom stereocenters. The van der Waals surface area contributed by atoms with Crippen LogP contribution in [0.1, 0.15) is 53.1 Å². The first kappa shape index (κ1) is 37.9. The van der Waals surface area contributed by atoms with E-state index in [1.807, 2.05) is 0 Å². The van der Waals surface area contributed by atoms with Crippen molar-refractivity contribution in [1.82, 2.24) is 34.4 Å². The van der Waals surface area contributed by atoms with E-state index >= 15 is 8.78 Å². The lowest BCUT2D eigenvalue weighted by molar-refractivity contribution is -0.123. The standard InChI is InChI=1S/C35H26BrClF6N8O4S/c1-49-29-24(6-5-21(37)27(29)32(47-49)48-56(2,54)55)51-33(45-22-10-15(36)3-4-18(22)34(51)53)23(9-14-7-16(38)11-17(39)8-14)44-25(52)13-50-30-26(28(46-50)31(40)41)19-12-20(19)35(30,42)43/h3-8,10-11,19-20,23,31H,9,12-13H2,1-2H3,(H,44,52)(H,47,48)/t19-,20+,23-/m0/s1. The van der Waals surface area contributed by atoms with Crippen LogP contribution >= 0.6 is 27.5 Å². The normalized spacial score (nSPS) is 17.7. The molecule has 2 aliphatic carbocycles. The number of carbonyl (C=O) groups is 1. The number of anilines is 1. The summed E-state index contributed by atoms with van der Waals surface area (Å²) < 4.78 is 118. The lowest BCUT2D eigenvalue weighted by Crippen LogP contribution is -2.38. The van der Waals surface area contributed by atoms with Crippen LogP contribution in [0.3, 0.4) is 0 Å². The number of nitrogens with zero attached hydrogens (tertiary/aromatic N) is 6. The second kappa shape index (κ2) is 13.3. The first-order valence-electron chi connectivity index (χ1n) is 16.7. The molecule has 3 atom stereocenters. The zero-order chi connectivity index (χ0) is 40.2. The molecule has 6 aromatic rings. The number of fused-ring (bicyclic) bond motifs is 5. The van der Waals surface area contributed by atoms with E-state index in [0.29, 0.717) is 15.2 Å². The molecular weight excluding hydrogens is 858 g/mol. The third-order valence-corrected chi connectivity index (χ3v) is 11.1. The largest absolute Gasteiger partial charge is 0.344 e. The number of amides is 1. The summed E-state index contributed by atoms with van der Waals surface area (Å²) in [7, 11) is -2.43. The molecule has 292 valence electrons. The van der Waals surface area contributed by atoms with E-state index in [9.17, 15) is 35.6 Å². The third-order valence-electron chi connectivity index (χ3n) is 9.77. The van der Waals surface area contributed by atoms with Crippen molar-refractivity contribution in [3.63, 3.8) is 0 Å². The Kier molecular flexibility index (Phi) is 9.03. The minimum absolute atomic E-state index is 0.00555. The summed E-state index contributed by atoms with van der Waals surface area (Å²) in [5.74, 6) is -8.91. The first-order chi connectivity index (χ1) is 26.3. The molecular formula is C35H26BrClF6N8O4S. The van der Waals surface area contributed by atoms with Crippen LogP contribution in [-0.2, 0) is 40.8 Å². The molecule has 56 heavy (non-hydrogen) atoms. The van der Waals surface area contributed by atoms with Crippen LogP contribution < -0.4 is 15.6 Å². The summed E-state index contributed by atoms with van der Waals surface area (Å²) in [6.45, 7) is -0.963. The van der Waals surface area contributed by atoms with Gasteiger partial charge in [-0.2, -0.15) is 19.0 Å². The average molecular weight is 884 g/mol. The molecule has 0 radical (unpaired) electrons. The van der Waals surface area contributed by atoms with Gasteiger partial charge < -0.3 is 5.32 Å². The van der Waals surface area contributed by atoms with Crippen molar-refractivity contribution < 1.29 is 39.6 Å². The van der Waals surface area contributed by atoms with Crippen LogP contribution in [0.4, 0.5) is 32.2 Å². The number of rotatable bonds is 10. The van der Waals surface area contributed by atoms with Crippen molar-refractivity contribution >= 4 is 71.1 Å². The van der Waals surface area contributed by atoms with Gasteiger partial charge in [-0.1, -0.05) is 27.5 Å². The van der Waals surface area contributed by atoms with Crippen LogP contribution in [0.25, 0.3) is 27.5 Å². The molecule has 21 heteroatoms. The van der Waals surface area contributed by atoms with Gasteiger partial charge in [0.05, 0.1) is 44.8 Å². The summed E-state index contributed by atoms with van der Waals surface area (Å²) in [4.78, 5) is 33.3. The fraction of sp³-hybridized carbons (Fsp3) is 0.286. The number of hydrogen-bond donors (Lipinski definition) is 2. The van der Waals surface area contributed by atoms with Gasteiger partial charge in [0.2, 0.25) is 15.9 Å². The smallest absolute Gasteiger partial charge is 0.293 e. The van der Waals surface area contributed by atoms with Crippen LogP contribution in [0.2, 0.25) is 5.02 Å². The number of alkyl halides is 4. The fourth-order valence-electron chi connectivity index (χ4n) is 7.55. The molecule has 2 N–H and O–H groups in total. The van der Waals surface area contributed by atoms with Gasteiger partial charge in [-0.05, 0) is 60.4 Å². The van der Waals surface area contributed by atoms with Crippen molar-refractivity contribution in [2.24, 2.45) is 13.0 Å². The van der Waals surface area contributed by atoms with Crippen LogP contribution in [0.15, 0.2) is 57.8 Å². The molecule has 1 saturated carbocycles. The zero-order valence-corrected chi connectivity index (χ0v) is 32.0. The number of halogens is 8. The topological polar surface area (TPSA) is 146 Å². The Hall–Kier alpha value is -4.95. The zero-order valence-electron chi connectivity index (χ0n) is 28.8. The highest BCUT2D eigenvalue weighted by Crippen LogP contribution is 2.68. The van der Waals surface area contributed by atoms with E-state index in [0.717, 1.165) is 23.0 Å². The van der Waals surface area contributed by atoms with Gasteiger partial charge in [0, 0.05) is 35.5 Å². The highest BCUT2D eigenvalue weighted by atomic mass is 79.9. The molecule has 1 amide bonds. The van der Waals surface area contributed by atoms with Gasteiger partial charge >= 0.3 is 0 Å². The Balaban J connectivity index is 1.32. The van der Waals surface area contributed by atoms with Crippen LogP contribution in [0, 0.1) is 17.6 Å². The van der Waals surface area contributed by atoms with Crippen molar-refractivity contribution in [3.8, 4) is 5.69 Å². The monoisotopic (exact) mass is 882 g/mol. The quantitative estimate of drug-likeness (QED) is 0.144. The maximum atomic E-state index is 15.4. The lowest BCUT2D eigenvalue weighted by Gasteiger charge is -2.24. The molecule has 0 saturated heterocycles. The Morgan fingerprint density at radius 2 is 1.80 bits per heavy atom. The molecule has 12 nitrogen and oxygen atoms in total. The second-order valence-electron chi connectivity index (χ2n) is 13.7. The predicted molar refractivity (Wildman–Crippen MR) is 196 cm³/mol. The van der Waals surface area contributed by atoms with Crippen molar-refractivity contribution in [2.75, 3.05) is 11.0 Å². The summed E-state index contributed by atoms with van der Waals surface area (Å²) in [5, 5.41) is 10.8. The van der Waals surface area contributed by atoms with E-state index < -0.39 is 87.7 Å². The number of benzene rings is 3. The minimum Gasteiger partial charge on any atom is -0.344 e. The Morgan fingerprint density at radius 3 is 2.48 bits per heavy atom. The Bertz CT molecular complexity index is 2810. The lowest BCUT2D eigenvalue weighted by atomic mass is 10.0. The number of aromatic nitrogens is 6. The second-order valence-corrected chi connectivity index (χ2v) is 16.8. The SMILES string of the molecule is Cn1nc(NS(C)(=O)=O)c2c(Cl)ccc(-n3c([C@H](Cc4cc(F)cc(F)c4)NC(=O)Cn4nc(C(F)F)c5c4C(F)(F)[C@@H]4C[C@H]54)nc4cc(Br)ccc4c3=O)c21. The first-order valence-corrected chi connectivity index (χ1v) is 19.8. The van der Waals surface area contributed by atoms with E-state index in [4.69, 9.17) is 16.6 Å². The fourth-order valence-corrected chi connectivity index (χ4v) is 8.64. The molecule has 1 fully saturated rings. The maximum absolute atomic E-state index is 15.4. The number of carbonyl (C=O) groups excluding carboxylic acids is 1. The average Bonchev–Trinajstić information content (AvgIpc) is 3.63. The van der Waals surface area contributed by atoms with Crippen molar-refractivity contribution in [3.05, 3.63) is 108 Å². The maximum Gasteiger partial charge on any atom is 0.293 e. The molecule has 3 aromatic carbocycles. The van der Waals surface area contributed by atoms with Crippen LogP contribution in [-0.4, -0.2) is 49.7 Å². The molecule has 0 bridgehead atoms. The minimum atomic E-state index is -3.88. The van der Waals surface area contributed by atoms with E-state index in [2.05, 4.69) is 36.2 Å². The summed E-state index contributed by atoms with van der Waals surface area (Å²) in [6, 6.07) is 8.46. The third kappa shape index (κ3) is 6.49. The number of hydrogen-bond acceptors (Lipinski definition) is 7. The summed E-state index contributed by atoms with van der Waals surface area (Å²) in [6.07, 6.45) is -2.72. The molecule has 2 aliphatic rings. The number of nitrogens with one attached hydrogen (secondary N) is 2. The van der Waals surface area contributed by atoms with Gasteiger partial charge in [-0.15, -0.1) is 0 Å². The Labute approximate surface area is 325 Å². The van der Waals surface area contributed by atoms with Crippen molar-refractivity contribution in [2.45, 2.75) is 43.7 Å². The van der Waals surface area contributed by atoms with E-state index in [1.165, 1.54) is 36.0 Å². The number of sulfonamides is 1. The molecule has 0 aliphatic heterocycles. The molecule has 3 aromatic heterocycles. The van der Waals surface area contributed by atoms with Gasteiger partial charge in [-0.25, -0.2) is 31.0 Å². The summed E-state index contributed by atoms with van der Waals surface area (Å²) >= 11 is 9.91. The predicted octanol–water partition coefficient (Wildman–Crippen LogP) is 6.78. The highest BCUT2D eigenvalue weighted by molar-refractivity contribution is 9.10. The van der Waals surface area contributed by atoms with Gasteiger partial charge in [0.1, 0.15) is 35.4 Å². The summed E-state index contributed by atoms with van der Waals surface area (Å²) in [5.41, 5.74) is -2.36. The van der Waals surface area contributed by atoms with Gasteiger partial charge in [0.15, 0.2) is 5.82 Å². The number of aryl methyl sites for hydroxylation is 1.